The van der Waals surface area contributed by atoms with Crippen molar-refractivity contribution < 1.29 is 4.42 Å². The van der Waals surface area contributed by atoms with Gasteiger partial charge in [0.2, 0.25) is 0 Å². The Balaban J connectivity index is 2.06. The van der Waals surface area contributed by atoms with Gasteiger partial charge in [0.05, 0.1) is 11.1 Å². The van der Waals surface area contributed by atoms with Crippen LogP contribution in [0, 0.1) is 6.92 Å². The second-order valence-electron chi connectivity index (χ2n) is 4.52. The van der Waals surface area contributed by atoms with Gasteiger partial charge in [0.25, 0.3) is 0 Å². The molecule has 4 heteroatoms. The predicted molar refractivity (Wildman–Crippen MR) is 76.2 cm³/mol. The molecular weight excluding hydrogens is 260 g/mol. The predicted octanol–water partition coefficient (Wildman–Crippen LogP) is 3.84. The monoisotopic (exact) mass is 272 g/mol. The van der Waals surface area contributed by atoms with E-state index in [2.05, 4.69) is 4.98 Å². The fourth-order valence-electron chi connectivity index (χ4n) is 2.13. The normalized spacial score (nSPS) is 12.8. The molecule has 0 bridgehead atoms. The summed E-state index contributed by atoms with van der Waals surface area (Å²) >= 11 is 6.10. The molecule has 0 amide bonds. The van der Waals surface area contributed by atoms with Crippen LogP contribution in [0.2, 0.25) is 5.02 Å². The summed E-state index contributed by atoms with van der Waals surface area (Å²) in [4.78, 5) is 4.17. The maximum atomic E-state index is 6.23. The van der Waals surface area contributed by atoms with Gasteiger partial charge in [-0.25, -0.2) is 0 Å². The van der Waals surface area contributed by atoms with Crippen LogP contribution in [0.5, 0.6) is 0 Å². The molecule has 0 aliphatic rings. The van der Waals surface area contributed by atoms with Crippen LogP contribution in [-0.2, 0) is 0 Å². The largest absolute Gasteiger partial charge is 0.457 e. The molecule has 3 nitrogen and oxygen atoms in total. The van der Waals surface area contributed by atoms with E-state index in [9.17, 15) is 0 Å². The molecule has 96 valence electrons. The van der Waals surface area contributed by atoms with Gasteiger partial charge in [-0.2, -0.15) is 0 Å². The van der Waals surface area contributed by atoms with Gasteiger partial charge in [-0.05, 0) is 36.8 Å². The van der Waals surface area contributed by atoms with Crippen molar-refractivity contribution in [3.05, 3.63) is 64.6 Å². The number of aryl methyl sites for hydroxylation is 1. The number of hydrogen-bond acceptors (Lipinski definition) is 3. The van der Waals surface area contributed by atoms with E-state index in [4.69, 9.17) is 21.8 Å². The molecule has 0 saturated carbocycles. The smallest absolute Gasteiger partial charge is 0.152 e. The first-order valence-electron chi connectivity index (χ1n) is 6.01. The summed E-state index contributed by atoms with van der Waals surface area (Å²) in [6.45, 7) is 1.94. The number of halogens is 1. The van der Waals surface area contributed by atoms with Crippen LogP contribution in [0.4, 0.5) is 0 Å². The van der Waals surface area contributed by atoms with Crippen molar-refractivity contribution in [1.29, 1.82) is 0 Å². The molecule has 2 aromatic heterocycles. The van der Waals surface area contributed by atoms with E-state index in [-0.39, 0.29) is 6.04 Å². The van der Waals surface area contributed by atoms with Crippen molar-refractivity contribution in [2.24, 2.45) is 5.73 Å². The lowest BCUT2D eigenvalue weighted by atomic mass is 10.1. The zero-order valence-electron chi connectivity index (χ0n) is 10.4. The number of nitrogens with two attached hydrogens (primary N) is 1. The van der Waals surface area contributed by atoms with Gasteiger partial charge in [-0.1, -0.05) is 23.7 Å². The van der Waals surface area contributed by atoms with Crippen LogP contribution >= 0.6 is 11.6 Å². The van der Waals surface area contributed by atoms with Crippen molar-refractivity contribution in [3.63, 3.8) is 0 Å². The fourth-order valence-corrected chi connectivity index (χ4v) is 2.35. The summed E-state index contributed by atoms with van der Waals surface area (Å²) in [7, 11) is 0. The highest BCUT2D eigenvalue weighted by atomic mass is 35.5. The molecule has 3 rings (SSSR count). The summed E-state index contributed by atoms with van der Waals surface area (Å²) in [5.74, 6) is 0.703. The number of benzene rings is 1. The minimum atomic E-state index is -0.315. The number of fused-ring (bicyclic) bond motifs is 1. The van der Waals surface area contributed by atoms with E-state index in [0.29, 0.717) is 16.4 Å². The number of para-hydroxylation sites is 1. The third-order valence-corrected chi connectivity index (χ3v) is 3.40. The van der Waals surface area contributed by atoms with Crippen molar-refractivity contribution in [2.75, 3.05) is 0 Å². The van der Waals surface area contributed by atoms with E-state index in [1.165, 1.54) is 0 Å². The van der Waals surface area contributed by atoms with Gasteiger partial charge < -0.3 is 10.2 Å². The van der Waals surface area contributed by atoms with E-state index in [0.717, 1.165) is 16.6 Å². The maximum absolute atomic E-state index is 6.23. The highest BCUT2D eigenvalue weighted by Crippen LogP contribution is 2.30. The third-order valence-electron chi connectivity index (χ3n) is 3.10. The summed E-state index contributed by atoms with van der Waals surface area (Å²) < 4.78 is 5.78. The Morgan fingerprint density at radius 1 is 1.26 bits per heavy atom. The minimum Gasteiger partial charge on any atom is -0.457 e. The average Bonchev–Trinajstić information content (AvgIpc) is 2.83. The highest BCUT2D eigenvalue weighted by Gasteiger charge is 2.15. The topological polar surface area (TPSA) is 52.0 Å². The number of nitrogens with zero attached hydrogens (tertiary/aromatic N) is 1. The second-order valence-corrected chi connectivity index (χ2v) is 4.92. The Bertz CT molecular complexity index is 736. The van der Waals surface area contributed by atoms with Crippen LogP contribution in [0.3, 0.4) is 0 Å². The highest BCUT2D eigenvalue weighted by molar-refractivity contribution is 6.34. The van der Waals surface area contributed by atoms with Crippen LogP contribution < -0.4 is 5.73 Å². The third kappa shape index (κ3) is 2.23. The van der Waals surface area contributed by atoms with Crippen LogP contribution in [0.25, 0.3) is 11.0 Å². The second kappa shape index (κ2) is 4.68. The fraction of sp³-hybridized carbons (Fsp3) is 0.133. The van der Waals surface area contributed by atoms with Gasteiger partial charge in [0.15, 0.2) is 5.58 Å². The Morgan fingerprint density at radius 3 is 2.84 bits per heavy atom. The summed E-state index contributed by atoms with van der Waals surface area (Å²) in [6, 6.07) is 11.1. The Morgan fingerprint density at radius 2 is 2.11 bits per heavy atom. The SMILES string of the molecule is Cc1cc(C(N)c2cc3cccc(Cl)c3o2)ccn1. The molecule has 1 unspecified atom stereocenters. The first-order valence-corrected chi connectivity index (χ1v) is 6.39. The average molecular weight is 273 g/mol. The van der Waals surface area contributed by atoms with E-state index >= 15 is 0 Å². The standard InChI is InChI=1S/C15H13ClN2O/c1-9-7-10(5-6-18-9)14(17)13-8-11-3-2-4-12(16)15(11)19-13/h2-8,14H,17H2,1H3. The summed E-state index contributed by atoms with van der Waals surface area (Å²) in [5, 5.41) is 1.56. The summed E-state index contributed by atoms with van der Waals surface area (Å²) in [6.07, 6.45) is 1.75. The Labute approximate surface area is 116 Å². The molecule has 3 aromatic rings. The first-order chi connectivity index (χ1) is 9.15. The van der Waals surface area contributed by atoms with Crippen LogP contribution in [0.15, 0.2) is 47.0 Å². The number of furan rings is 1. The lowest BCUT2D eigenvalue weighted by Crippen LogP contribution is -2.11. The van der Waals surface area contributed by atoms with Gasteiger partial charge in [-0.3, -0.25) is 4.98 Å². The molecule has 1 atom stereocenters. The molecule has 19 heavy (non-hydrogen) atoms. The lowest BCUT2D eigenvalue weighted by molar-refractivity contribution is 0.525. The number of aromatic nitrogens is 1. The van der Waals surface area contributed by atoms with Crippen LogP contribution in [-0.4, -0.2) is 4.98 Å². The van der Waals surface area contributed by atoms with Crippen molar-refractivity contribution in [2.45, 2.75) is 13.0 Å². The molecule has 1 aromatic carbocycles. The molecule has 2 N–H and O–H groups in total. The minimum absolute atomic E-state index is 0.315. The van der Waals surface area contributed by atoms with Gasteiger partial charge in [0, 0.05) is 17.3 Å². The van der Waals surface area contributed by atoms with Gasteiger partial charge in [0.1, 0.15) is 5.76 Å². The first kappa shape index (κ1) is 12.2. The van der Waals surface area contributed by atoms with Crippen molar-refractivity contribution in [1.82, 2.24) is 4.98 Å². The Hall–Kier alpha value is -1.84. The molecule has 0 aliphatic heterocycles. The van der Waals surface area contributed by atoms with Crippen molar-refractivity contribution >= 4 is 22.6 Å². The molecular formula is C15H13ClN2O. The quantitative estimate of drug-likeness (QED) is 0.771. The molecule has 0 aliphatic carbocycles. The Kier molecular flexibility index (Phi) is 3.01. The molecule has 0 spiro atoms. The van der Waals surface area contributed by atoms with E-state index < -0.39 is 0 Å². The zero-order valence-corrected chi connectivity index (χ0v) is 11.2. The van der Waals surface area contributed by atoms with Crippen LogP contribution in [0.1, 0.15) is 23.1 Å². The van der Waals surface area contributed by atoms with Gasteiger partial charge >= 0.3 is 0 Å². The number of pyridine rings is 1. The molecule has 2 heterocycles. The lowest BCUT2D eigenvalue weighted by Gasteiger charge is -2.09. The zero-order chi connectivity index (χ0) is 13.4. The van der Waals surface area contributed by atoms with Crippen molar-refractivity contribution in [3.8, 4) is 0 Å². The number of hydrogen-bond donors (Lipinski definition) is 1. The number of rotatable bonds is 2. The van der Waals surface area contributed by atoms with E-state index in [1.807, 2.05) is 37.3 Å². The summed E-state index contributed by atoms with van der Waals surface area (Å²) in [5.41, 5.74) is 8.82. The molecule has 0 saturated heterocycles. The molecule has 0 fully saturated rings. The maximum Gasteiger partial charge on any atom is 0.152 e. The van der Waals surface area contributed by atoms with Gasteiger partial charge in [-0.15, -0.1) is 0 Å². The van der Waals surface area contributed by atoms with E-state index in [1.54, 1.807) is 12.3 Å². The molecule has 0 radical (unpaired) electrons.